The van der Waals surface area contributed by atoms with E-state index in [-0.39, 0.29) is 10.7 Å². The van der Waals surface area contributed by atoms with Crippen LogP contribution in [0.4, 0.5) is 0 Å². The average Bonchev–Trinajstić information content (AvgIpc) is 2.35. The van der Waals surface area contributed by atoms with Crippen molar-refractivity contribution in [2.45, 2.75) is 5.03 Å². The zero-order valence-corrected chi connectivity index (χ0v) is 11.8. The van der Waals surface area contributed by atoms with Crippen LogP contribution in [0.2, 0.25) is 0 Å². The van der Waals surface area contributed by atoms with Gasteiger partial charge in [0.1, 0.15) is 5.52 Å². The maximum absolute atomic E-state index is 11.9. The SMILES string of the molecule is O=S(=O)(Cl)CCS(=O)(=O)c1ccc2nccnc2n1. The van der Waals surface area contributed by atoms with Gasteiger partial charge in [0.2, 0.25) is 9.05 Å². The van der Waals surface area contributed by atoms with Crippen LogP contribution in [-0.2, 0) is 18.9 Å². The van der Waals surface area contributed by atoms with Gasteiger partial charge in [-0.2, -0.15) is 0 Å². The summed E-state index contributed by atoms with van der Waals surface area (Å²) >= 11 is 0. The molecule has 0 unspecified atom stereocenters. The van der Waals surface area contributed by atoms with Crippen molar-refractivity contribution in [3.05, 3.63) is 24.5 Å². The van der Waals surface area contributed by atoms with Gasteiger partial charge >= 0.3 is 0 Å². The minimum atomic E-state index is -3.87. The maximum atomic E-state index is 11.9. The number of hydrogen-bond acceptors (Lipinski definition) is 7. The molecule has 0 bridgehead atoms. The fourth-order valence-corrected chi connectivity index (χ4v) is 4.28. The lowest BCUT2D eigenvalue weighted by Gasteiger charge is -2.03. The zero-order valence-electron chi connectivity index (χ0n) is 9.39. The van der Waals surface area contributed by atoms with Gasteiger partial charge in [-0.3, -0.25) is 4.98 Å². The third-order valence-corrected chi connectivity index (χ3v) is 5.24. The third kappa shape index (κ3) is 3.58. The number of rotatable bonds is 4. The molecule has 102 valence electrons. The van der Waals surface area contributed by atoms with E-state index in [4.69, 9.17) is 10.7 Å². The predicted molar refractivity (Wildman–Crippen MR) is 69.0 cm³/mol. The Morgan fingerprint density at radius 2 is 1.68 bits per heavy atom. The van der Waals surface area contributed by atoms with E-state index in [2.05, 4.69) is 15.0 Å². The summed E-state index contributed by atoms with van der Waals surface area (Å²) in [6, 6.07) is 2.71. The summed E-state index contributed by atoms with van der Waals surface area (Å²) in [5, 5.41) is -0.249. The molecule has 0 atom stereocenters. The smallest absolute Gasteiger partial charge is 0.233 e. The van der Waals surface area contributed by atoms with Crippen molar-refractivity contribution < 1.29 is 16.8 Å². The molecular weight excluding hydrogens is 314 g/mol. The number of sulfone groups is 1. The van der Waals surface area contributed by atoms with Crippen LogP contribution in [0.5, 0.6) is 0 Å². The maximum Gasteiger partial charge on any atom is 0.233 e. The first-order valence-electron chi connectivity index (χ1n) is 5.01. The van der Waals surface area contributed by atoms with E-state index in [1.165, 1.54) is 24.5 Å². The van der Waals surface area contributed by atoms with Crippen LogP contribution < -0.4 is 0 Å². The highest BCUT2D eigenvalue weighted by molar-refractivity contribution is 8.14. The topological polar surface area (TPSA) is 107 Å². The van der Waals surface area contributed by atoms with Gasteiger partial charge in [-0.15, -0.1) is 0 Å². The number of nitrogens with zero attached hydrogens (tertiary/aromatic N) is 3. The van der Waals surface area contributed by atoms with Crippen LogP contribution in [0.25, 0.3) is 11.2 Å². The minimum absolute atomic E-state index is 0.178. The van der Waals surface area contributed by atoms with Gasteiger partial charge in [0, 0.05) is 23.1 Å². The molecule has 2 aromatic heterocycles. The summed E-state index contributed by atoms with van der Waals surface area (Å²) in [6.07, 6.45) is 2.84. The molecule has 0 aliphatic carbocycles. The Morgan fingerprint density at radius 1 is 1.00 bits per heavy atom. The minimum Gasteiger partial charge on any atom is -0.251 e. The van der Waals surface area contributed by atoms with Gasteiger partial charge in [0.15, 0.2) is 20.5 Å². The van der Waals surface area contributed by atoms with Crippen LogP contribution >= 0.6 is 10.7 Å². The van der Waals surface area contributed by atoms with Crippen LogP contribution in [0.1, 0.15) is 0 Å². The van der Waals surface area contributed by atoms with E-state index >= 15 is 0 Å². The summed E-state index contributed by atoms with van der Waals surface area (Å²) in [7, 11) is -2.71. The second kappa shape index (κ2) is 4.99. The quantitative estimate of drug-likeness (QED) is 0.748. The van der Waals surface area contributed by atoms with Crippen molar-refractivity contribution in [3.63, 3.8) is 0 Å². The third-order valence-electron chi connectivity index (χ3n) is 2.22. The summed E-state index contributed by atoms with van der Waals surface area (Å²) < 4.78 is 45.3. The highest BCUT2D eigenvalue weighted by Crippen LogP contribution is 2.13. The number of hydrogen-bond donors (Lipinski definition) is 0. The molecule has 0 N–H and O–H groups in total. The largest absolute Gasteiger partial charge is 0.251 e. The lowest BCUT2D eigenvalue weighted by Crippen LogP contribution is -2.15. The van der Waals surface area contributed by atoms with Gasteiger partial charge in [-0.25, -0.2) is 26.8 Å². The van der Waals surface area contributed by atoms with Crippen LogP contribution in [0, 0.1) is 0 Å². The first-order chi connectivity index (χ1) is 8.78. The molecule has 0 saturated heterocycles. The van der Waals surface area contributed by atoms with Crippen molar-refractivity contribution in [1.82, 2.24) is 15.0 Å². The molecule has 2 heterocycles. The second-order valence-corrected chi connectivity index (χ2v) is 8.56. The van der Waals surface area contributed by atoms with Crippen molar-refractivity contribution in [1.29, 1.82) is 0 Å². The summed E-state index contributed by atoms with van der Waals surface area (Å²) in [4.78, 5) is 11.7. The summed E-state index contributed by atoms with van der Waals surface area (Å²) in [5.41, 5.74) is 0.628. The molecule has 10 heteroatoms. The Balaban J connectivity index is 2.38. The Labute approximate surface area is 114 Å². The molecule has 0 aromatic carbocycles. The zero-order chi connectivity index (χ0) is 14.1. The van der Waals surface area contributed by atoms with E-state index in [1.807, 2.05) is 0 Å². The normalized spacial score (nSPS) is 12.7. The lowest BCUT2D eigenvalue weighted by atomic mass is 10.4. The standard InChI is InChI=1S/C9H8ClN3O4S2/c10-19(16,17)6-5-18(14,15)8-2-1-7-9(13-8)12-4-3-11-7/h1-4H,5-6H2. The van der Waals surface area contributed by atoms with Gasteiger partial charge in [-0.1, -0.05) is 0 Å². The Morgan fingerprint density at radius 3 is 2.37 bits per heavy atom. The van der Waals surface area contributed by atoms with Gasteiger partial charge in [0.05, 0.1) is 11.5 Å². The van der Waals surface area contributed by atoms with E-state index in [1.54, 1.807) is 0 Å². The Bertz CT molecular complexity index is 820. The molecular formula is C9H8ClN3O4S2. The highest BCUT2D eigenvalue weighted by Gasteiger charge is 2.20. The Hall–Kier alpha value is -1.32. The molecule has 0 aliphatic heterocycles. The lowest BCUT2D eigenvalue weighted by molar-refractivity contribution is 0.590. The van der Waals surface area contributed by atoms with Crippen LogP contribution in [0.15, 0.2) is 29.6 Å². The van der Waals surface area contributed by atoms with Crippen LogP contribution in [-0.4, -0.2) is 43.3 Å². The molecule has 2 rings (SSSR count). The monoisotopic (exact) mass is 321 g/mol. The molecule has 19 heavy (non-hydrogen) atoms. The Kier molecular flexibility index (Phi) is 3.70. The number of pyridine rings is 1. The van der Waals surface area contributed by atoms with Crippen LogP contribution in [0.3, 0.4) is 0 Å². The van der Waals surface area contributed by atoms with E-state index < -0.39 is 30.4 Å². The first kappa shape index (κ1) is 14.1. The van der Waals surface area contributed by atoms with E-state index in [9.17, 15) is 16.8 Å². The van der Waals surface area contributed by atoms with Crippen molar-refractivity contribution in [3.8, 4) is 0 Å². The molecule has 0 saturated carbocycles. The highest BCUT2D eigenvalue weighted by atomic mass is 35.7. The molecule has 0 fully saturated rings. The first-order valence-corrected chi connectivity index (χ1v) is 9.14. The van der Waals surface area contributed by atoms with E-state index in [0.29, 0.717) is 5.52 Å². The van der Waals surface area contributed by atoms with E-state index in [0.717, 1.165) is 0 Å². The number of fused-ring (bicyclic) bond motifs is 1. The molecule has 0 aliphatic rings. The molecule has 0 amide bonds. The molecule has 0 spiro atoms. The second-order valence-electron chi connectivity index (χ2n) is 3.61. The van der Waals surface area contributed by atoms with Gasteiger partial charge in [-0.05, 0) is 12.1 Å². The molecule has 7 nitrogen and oxygen atoms in total. The average molecular weight is 322 g/mol. The van der Waals surface area contributed by atoms with Crippen molar-refractivity contribution >= 4 is 40.7 Å². The fraction of sp³-hybridized carbons (Fsp3) is 0.222. The summed E-state index contributed by atoms with van der Waals surface area (Å²) in [5.74, 6) is -1.30. The fourth-order valence-electron chi connectivity index (χ4n) is 1.32. The van der Waals surface area contributed by atoms with Gasteiger partial charge < -0.3 is 0 Å². The number of aromatic nitrogens is 3. The molecule has 0 radical (unpaired) electrons. The van der Waals surface area contributed by atoms with Crippen molar-refractivity contribution in [2.24, 2.45) is 0 Å². The summed E-state index contributed by atoms with van der Waals surface area (Å²) in [6.45, 7) is 0. The number of halogens is 1. The van der Waals surface area contributed by atoms with Crippen molar-refractivity contribution in [2.75, 3.05) is 11.5 Å². The van der Waals surface area contributed by atoms with Gasteiger partial charge in [0.25, 0.3) is 0 Å². The molecule has 2 aromatic rings. The predicted octanol–water partition coefficient (Wildman–Crippen LogP) is 0.367.